The summed E-state index contributed by atoms with van der Waals surface area (Å²) in [6, 6.07) is 0. The number of hydrogen-bond donors (Lipinski definition) is 0. The van der Waals surface area contributed by atoms with Crippen molar-refractivity contribution in [2.24, 2.45) is 33.7 Å². The van der Waals surface area contributed by atoms with Crippen LogP contribution in [0.25, 0.3) is 0 Å². The van der Waals surface area contributed by atoms with Crippen molar-refractivity contribution >= 4 is 12.2 Å². The van der Waals surface area contributed by atoms with Crippen LogP contribution < -0.4 is 0 Å². The van der Waals surface area contributed by atoms with Gasteiger partial charge in [-0.25, -0.2) is 19.6 Å². The molecule has 0 amide bonds. The molecule has 0 heterocycles. The van der Waals surface area contributed by atoms with Crippen molar-refractivity contribution in [3.63, 3.8) is 0 Å². The lowest BCUT2D eigenvalue weighted by atomic mass is 9.78. The maximum atomic E-state index is 10.0. The Bertz CT molecular complexity index is 397. The van der Waals surface area contributed by atoms with Gasteiger partial charge in [0.15, 0.2) is 0 Å². The predicted octanol–water partition coefficient (Wildman–Crippen LogP) is 3.27. The van der Waals surface area contributed by atoms with E-state index in [1.54, 1.807) is 12.2 Å². The molecule has 2 fully saturated rings. The SMILES string of the molecule is O=C=NCCCCC1CC2CC1CC2CCCN=C=O. The Hall–Kier alpha value is -1.24. The first-order valence-corrected chi connectivity index (χ1v) is 7.92. The molecule has 4 nitrogen and oxygen atoms in total. The molecule has 0 N–H and O–H groups in total. The van der Waals surface area contributed by atoms with Gasteiger partial charge in [0.2, 0.25) is 12.2 Å². The van der Waals surface area contributed by atoms with Gasteiger partial charge in [0.1, 0.15) is 0 Å². The zero-order chi connectivity index (χ0) is 14.2. The van der Waals surface area contributed by atoms with E-state index in [0.29, 0.717) is 13.1 Å². The van der Waals surface area contributed by atoms with Crippen molar-refractivity contribution in [2.45, 2.75) is 51.4 Å². The molecule has 0 radical (unpaired) electrons. The van der Waals surface area contributed by atoms with Crippen LogP contribution in [-0.2, 0) is 9.59 Å². The summed E-state index contributed by atoms with van der Waals surface area (Å²) >= 11 is 0. The smallest absolute Gasteiger partial charge is 0.211 e. The Kier molecular flexibility index (Phi) is 6.17. The molecule has 4 unspecified atom stereocenters. The maximum absolute atomic E-state index is 10.0. The topological polar surface area (TPSA) is 58.9 Å². The molecule has 4 heteroatoms. The van der Waals surface area contributed by atoms with Gasteiger partial charge in [-0.05, 0) is 62.2 Å². The minimum absolute atomic E-state index is 0.643. The molecule has 2 rings (SSSR count). The van der Waals surface area contributed by atoms with Crippen LogP contribution in [0.3, 0.4) is 0 Å². The van der Waals surface area contributed by atoms with Crippen LogP contribution in [0.4, 0.5) is 0 Å². The molecule has 20 heavy (non-hydrogen) atoms. The third kappa shape index (κ3) is 4.13. The highest BCUT2D eigenvalue weighted by Crippen LogP contribution is 2.54. The summed E-state index contributed by atoms with van der Waals surface area (Å²) in [6.45, 7) is 1.29. The van der Waals surface area contributed by atoms with Crippen molar-refractivity contribution in [3.8, 4) is 0 Å². The van der Waals surface area contributed by atoms with Gasteiger partial charge in [0.25, 0.3) is 0 Å². The van der Waals surface area contributed by atoms with Crippen LogP contribution in [0.5, 0.6) is 0 Å². The largest absolute Gasteiger partial charge is 0.234 e. The number of carbonyl (C=O) groups excluding carboxylic acids is 2. The third-order valence-electron chi connectivity index (χ3n) is 5.22. The van der Waals surface area contributed by atoms with Gasteiger partial charge in [-0.1, -0.05) is 12.8 Å². The molecule has 0 aliphatic heterocycles. The molecule has 2 aliphatic rings. The normalized spacial score (nSPS) is 30.8. The lowest BCUT2D eigenvalue weighted by Gasteiger charge is -2.27. The number of fused-ring (bicyclic) bond motifs is 2. The van der Waals surface area contributed by atoms with Gasteiger partial charge in [0.05, 0.1) is 13.1 Å². The first kappa shape index (κ1) is 15.2. The highest BCUT2D eigenvalue weighted by molar-refractivity contribution is 5.32. The zero-order valence-corrected chi connectivity index (χ0v) is 12.1. The average Bonchev–Trinajstić information content (AvgIpc) is 3.03. The monoisotopic (exact) mass is 276 g/mol. The second-order valence-corrected chi connectivity index (χ2v) is 6.33. The van der Waals surface area contributed by atoms with Crippen LogP contribution in [0.15, 0.2) is 9.98 Å². The molecule has 0 spiro atoms. The number of isocyanates is 2. The fourth-order valence-electron chi connectivity index (χ4n) is 4.34. The fraction of sp³-hybridized carbons (Fsp3) is 0.875. The molecular weight excluding hydrogens is 252 g/mol. The van der Waals surface area contributed by atoms with E-state index < -0.39 is 0 Å². The van der Waals surface area contributed by atoms with Crippen LogP contribution in [0.2, 0.25) is 0 Å². The summed E-state index contributed by atoms with van der Waals surface area (Å²) in [4.78, 5) is 27.2. The van der Waals surface area contributed by atoms with Gasteiger partial charge in [-0.15, -0.1) is 0 Å². The molecule has 0 aromatic rings. The van der Waals surface area contributed by atoms with Crippen molar-refractivity contribution in [1.29, 1.82) is 0 Å². The van der Waals surface area contributed by atoms with E-state index in [2.05, 4.69) is 9.98 Å². The van der Waals surface area contributed by atoms with Gasteiger partial charge < -0.3 is 0 Å². The summed E-state index contributed by atoms with van der Waals surface area (Å²) in [6.07, 6.45) is 13.2. The second-order valence-electron chi connectivity index (χ2n) is 6.33. The van der Waals surface area contributed by atoms with Crippen molar-refractivity contribution < 1.29 is 9.59 Å². The van der Waals surface area contributed by atoms with Crippen LogP contribution in [-0.4, -0.2) is 25.2 Å². The minimum atomic E-state index is 0.643. The number of hydrogen-bond acceptors (Lipinski definition) is 4. The lowest BCUT2D eigenvalue weighted by Crippen LogP contribution is -2.18. The van der Waals surface area contributed by atoms with Crippen molar-refractivity contribution in [3.05, 3.63) is 0 Å². The lowest BCUT2D eigenvalue weighted by molar-refractivity contribution is 0.231. The van der Waals surface area contributed by atoms with E-state index >= 15 is 0 Å². The Labute approximate surface area is 120 Å². The maximum Gasteiger partial charge on any atom is 0.234 e. The summed E-state index contributed by atoms with van der Waals surface area (Å²) in [7, 11) is 0. The number of aliphatic imine (C=N–C) groups is 2. The van der Waals surface area contributed by atoms with Crippen molar-refractivity contribution in [2.75, 3.05) is 13.1 Å². The first-order chi connectivity index (χ1) is 9.85. The van der Waals surface area contributed by atoms with E-state index in [-0.39, 0.29) is 0 Å². The van der Waals surface area contributed by atoms with Crippen LogP contribution in [0, 0.1) is 23.7 Å². The number of rotatable bonds is 9. The molecule has 0 aromatic heterocycles. The first-order valence-electron chi connectivity index (χ1n) is 7.92. The zero-order valence-electron chi connectivity index (χ0n) is 12.1. The average molecular weight is 276 g/mol. The van der Waals surface area contributed by atoms with Crippen LogP contribution >= 0.6 is 0 Å². The minimum Gasteiger partial charge on any atom is -0.211 e. The third-order valence-corrected chi connectivity index (χ3v) is 5.22. The van der Waals surface area contributed by atoms with Gasteiger partial charge >= 0.3 is 0 Å². The fourth-order valence-corrected chi connectivity index (χ4v) is 4.34. The molecule has 0 aromatic carbocycles. The Balaban J connectivity index is 1.61. The van der Waals surface area contributed by atoms with E-state index in [0.717, 1.165) is 36.5 Å². The summed E-state index contributed by atoms with van der Waals surface area (Å²) in [5, 5.41) is 0. The Morgan fingerprint density at radius 2 is 1.30 bits per heavy atom. The molecule has 2 bridgehead atoms. The molecular formula is C16H24N2O2. The highest BCUT2D eigenvalue weighted by atomic mass is 16.1. The van der Waals surface area contributed by atoms with Gasteiger partial charge in [-0.3, -0.25) is 0 Å². The quantitative estimate of drug-likeness (QED) is 0.368. The molecule has 0 saturated heterocycles. The Morgan fingerprint density at radius 3 is 1.85 bits per heavy atom. The summed E-state index contributed by atoms with van der Waals surface area (Å²) in [5.41, 5.74) is 0. The summed E-state index contributed by atoms with van der Waals surface area (Å²) in [5.74, 6) is 3.62. The molecule has 110 valence electrons. The Morgan fingerprint density at radius 1 is 0.750 bits per heavy atom. The standard InChI is InChI=1S/C16H24N2O2/c19-11-17-6-2-1-4-13-8-16-10-15(13)9-14(16)5-3-7-18-12-20/h13-16H,1-10H2. The predicted molar refractivity (Wildman–Crippen MR) is 76.9 cm³/mol. The van der Waals surface area contributed by atoms with E-state index in [4.69, 9.17) is 0 Å². The second kappa shape index (κ2) is 8.14. The van der Waals surface area contributed by atoms with E-state index in [1.165, 1.54) is 38.5 Å². The van der Waals surface area contributed by atoms with Gasteiger partial charge in [-0.2, -0.15) is 0 Å². The van der Waals surface area contributed by atoms with Crippen LogP contribution in [0.1, 0.15) is 51.4 Å². The number of unbranched alkanes of at least 4 members (excludes halogenated alkanes) is 1. The molecule has 2 saturated carbocycles. The van der Waals surface area contributed by atoms with Crippen molar-refractivity contribution in [1.82, 2.24) is 0 Å². The van der Waals surface area contributed by atoms with E-state index in [9.17, 15) is 9.59 Å². The highest BCUT2D eigenvalue weighted by Gasteiger charge is 2.44. The number of nitrogens with zero attached hydrogens (tertiary/aromatic N) is 2. The molecule has 2 aliphatic carbocycles. The summed E-state index contributed by atoms with van der Waals surface area (Å²) < 4.78 is 0. The van der Waals surface area contributed by atoms with Gasteiger partial charge in [0, 0.05) is 0 Å². The van der Waals surface area contributed by atoms with E-state index in [1.807, 2.05) is 0 Å². The molecule has 4 atom stereocenters.